The van der Waals surface area contributed by atoms with E-state index in [0.29, 0.717) is 6.42 Å². The Morgan fingerprint density at radius 3 is 2.70 bits per heavy atom. The topological polar surface area (TPSA) is 84.0 Å². The largest absolute Gasteiger partial charge is 0.291 e. The van der Waals surface area contributed by atoms with E-state index in [9.17, 15) is 18.4 Å². The molecule has 2 aliphatic carbocycles. The van der Waals surface area contributed by atoms with Crippen LogP contribution in [0, 0.1) is 17.8 Å². The third-order valence-corrected chi connectivity index (χ3v) is 4.53. The molecule has 9 heteroatoms. The molecular formula is C11H12F2N4O2S. The monoisotopic (exact) mass is 302 g/mol. The number of amides is 2. The first kappa shape index (κ1) is 13.3. The fraction of sp³-hybridized carbons (Fsp3) is 0.636. The Kier molecular flexibility index (Phi) is 3.15. The van der Waals surface area contributed by atoms with Crippen LogP contribution >= 0.6 is 11.7 Å². The molecule has 1 heterocycles. The van der Waals surface area contributed by atoms with Crippen molar-refractivity contribution in [1.82, 2.24) is 19.6 Å². The Morgan fingerprint density at radius 2 is 2.15 bits per heavy atom. The first-order valence-electron chi connectivity index (χ1n) is 6.23. The molecule has 0 spiro atoms. The van der Waals surface area contributed by atoms with Gasteiger partial charge in [-0.3, -0.25) is 20.4 Å². The fourth-order valence-electron chi connectivity index (χ4n) is 3.07. The maximum absolute atomic E-state index is 13.4. The molecule has 3 atom stereocenters. The molecule has 2 fully saturated rings. The Bertz CT molecular complexity index is 537. The van der Waals surface area contributed by atoms with Crippen molar-refractivity contribution in [2.24, 2.45) is 17.8 Å². The van der Waals surface area contributed by atoms with Gasteiger partial charge < -0.3 is 0 Å². The molecule has 0 radical (unpaired) electrons. The van der Waals surface area contributed by atoms with Gasteiger partial charge >= 0.3 is 0 Å². The summed E-state index contributed by atoms with van der Waals surface area (Å²) in [5, 5.41) is 0. The zero-order valence-corrected chi connectivity index (χ0v) is 11.1. The summed E-state index contributed by atoms with van der Waals surface area (Å²) in [5.74, 6) is -5.08. The van der Waals surface area contributed by atoms with Gasteiger partial charge in [0, 0.05) is 18.3 Å². The second-order valence-electron chi connectivity index (χ2n) is 5.24. The maximum Gasteiger partial charge on any atom is 0.291 e. The van der Waals surface area contributed by atoms with Crippen molar-refractivity contribution in [3.05, 3.63) is 11.9 Å². The normalized spacial score (nSPS) is 30.2. The number of nitrogens with one attached hydrogen (secondary N) is 2. The van der Waals surface area contributed by atoms with Gasteiger partial charge in [0.2, 0.25) is 5.91 Å². The van der Waals surface area contributed by atoms with Gasteiger partial charge in [-0.25, -0.2) is 8.78 Å². The highest BCUT2D eigenvalue weighted by atomic mass is 32.1. The van der Waals surface area contributed by atoms with Crippen LogP contribution in [0.2, 0.25) is 0 Å². The highest BCUT2D eigenvalue weighted by molar-refractivity contribution is 6.99. The van der Waals surface area contributed by atoms with Crippen LogP contribution in [0.3, 0.4) is 0 Å². The van der Waals surface area contributed by atoms with Crippen LogP contribution in [0.5, 0.6) is 0 Å². The second kappa shape index (κ2) is 4.72. The second-order valence-corrected chi connectivity index (χ2v) is 5.79. The Morgan fingerprint density at radius 1 is 1.35 bits per heavy atom. The van der Waals surface area contributed by atoms with Crippen LogP contribution in [-0.2, 0) is 4.79 Å². The Balaban J connectivity index is 1.53. The van der Waals surface area contributed by atoms with Gasteiger partial charge in [-0.15, -0.1) is 0 Å². The highest BCUT2D eigenvalue weighted by Gasteiger charge is 2.58. The number of aromatic nitrogens is 2. The molecule has 2 N–H and O–H groups in total. The van der Waals surface area contributed by atoms with E-state index in [1.807, 2.05) is 0 Å². The number of hydrogen-bond acceptors (Lipinski definition) is 5. The van der Waals surface area contributed by atoms with Crippen molar-refractivity contribution in [2.75, 3.05) is 0 Å². The molecule has 108 valence electrons. The highest BCUT2D eigenvalue weighted by Crippen LogP contribution is 2.56. The first-order chi connectivity index (χ1) is 9.47. The Labute approximate surface area is 117 Å². The number of halogens is 2. The van der Waals surface area contributed by atoms with Gasteiger partial charge in [0.1, 0.15) is 0 Å². The standard InChI is InChI=1S/C11H12F2N4O2S/c12-11(13)3-5-1-6(11)2-7(5)9(18)15-16-10(19)8-4-14-20-17-8/h4-7H,1-3H2,(H,15,18)(H,16,19)/t5-,6-,7-/m0/s1. The first-order valence-corrected chi connectivity index (χ1v) is 6.96. The van der Waals surface area contributed by atoms with Crippen molar-refractivity contribution in [1.29, 1.82) is 0 Å². The summed E-state index contributed by atoms with van der Waals surface area (Å²) in [7, 11) is 0. The van der Waals surface area contributed by atoms with Crippen molar-refractivity contribution in [2.45, 2.75) is 25.2 Å². The van der Waals surface area contributed by atoms with Crippen LogP contribution in [0.15, 0.2) is 6.20 Å². The molecule has 0 aliphatic heterocycles. The molecule has 0 unspecified atom stereocenters. The van der Waals surface area contributed by atoms with Crippen LogP contribution < -0.4 is 10.9 Å². The smallest absolute Gasteiger partial charge is 0.273 e. The van der Waals surface area contributed by atoms with E-state index in [-0.39, 0.29) is 24.5 Å². The molecule has 2 saturated carbocycles. The predicted molar refractivity (Wildman–Crippen MR) is 64.8 cm³/mol. The lowest BCUT2D eigenvalue weighted by atomic mass is 9.86. The van der Waals surface area contributed by atoms with E-state index < -0.39 is 29.6 Å². The van der Waals surface area contributed by atoms with Gasteiger partial charge in [0.05, 0.1) is 17.9 Å². The minimum atomic E-state index is -2.64. The molecule has 1 aromatic heterocycles. The van der Waals surface area contributed by atoms with E-state index in [2.05, 4.69) is 19.6 Å². The molecule has 0 aromatic carbocycles. The zero-order chi connectivity index (χ0) is 14.3. The SMILES string of the molecule is O=C(NNC(=O)[C@H]1C[C@@H]2C[C@H]1CC2(F)F)c1cnsn1. The minimum absolute atomic E-state index is 0.106. The molecule has 6 nitrogen and oxygen atoms in total. The summed E-state index contributed by atoms with van der Waals surface area (Å²) >= 11 is 0.880. The van der Waals surface area contributed by atoms with Crippen molar-refractivity contribution in [3.8, 4) is 0 Å². The van der Waals surface area contributed by atoms with E-state index >= 15 is 0 Å². The van der Waals surface area contributed by atoms with E-state index in [0.717, 1.165) is 11.7 Å². The molecule has 20 heavy (non-hydrogen) atoms. The van der Waals surface area contributed by atoms with Crippen LogP contribution in [0.1, 0.15) is 29.8 Å². The average Bonchev–Trinajstić information content (AvgIpc) is 3.08. The van der Waals surface area contributed by atoms with Crippen molar-refractivity contribution in [3.63, 3.8) is 0 Å². The van der Waals surface area contributed by atoms with Gasteiger partial charge in [-0.05, 0) is 18.8 Å². The van der Waals surface area contributed by atoms with Crippen LogP contribution in [0.4, 0.5) is 8.78 Å². The van der Waals surface area contributed by atoms with E-state index in [1.165, 1.54) is 6.20 Å². The Hall–Kier alpha value is -1.64. The summed E-state index contributed by atoms with van der Waals surface area (Å²) in [6.45, 7) is 0. The summed E-state index contributed by atoms with van der Waals surface area (Å²) in [4.78, 5) is 23.5. The number of alkyl halides is 2. The number of fused-ring (bicyclic) bond motifs is 2. The summed E-state index contributed by atoms with van der Waals surface area (Å²) in [5.41, 5.74) is 4.60. The summed E-state index contributed by atoms with van der Waals surface area (Å²) in [6.07, 6.45) is 1.61. The molecule has 2 aliphatic rings. The van der Waals surface area contributed by atoms with E-state index in [1.54, 1.807) is 0 Å². The van der Waals surface area contributed by atoms with Crippen molar-refractivity contribution >= 4 is 23.5 Å². The molecule has 2 bridgehead atoms. The molecular weight excluding hydrogens is 290 g/mol. The number of nitrogens with zero attached hydrogens (tertiary/aromatic N) is 2. The fourth-order valence-corrected chi connectivity index (χ4v) is 3.48. The molecule has 3 rings (SSSR count). The number of hydrazine groups is 1. The third kappa shape index (κ3) is 2.26. The molecule has 2 amide bonds. The summed E-state index contributed by atoms with van der Waals surface area (Å²) < 4.78 is 34.1. The lowest BCUT2D eigenvalue weighted by molar-refractivity contribution is -0.130. The number of rotatable bonds is 2. The van der Waals surface area contributed by atoms with Crippen LogP contribution in [-0.4, -0.2) is 26.5 Å². The van der Waals surface area contributed by atoms with Gasteiger partial charge in [0.25, 0.3) is 11.8 Å². The van der Waals surface area contributed by atoms with Crippen LogP contribution in [0.25, 0.3) is 0 Å². The minimum Gasteiger partial charge on any atom is -0.273 e. The predicted octanol–water partition coefficient (Wildman–Crippen LogP) is 0.981. The summed E-state index contributed by atoms with van der Waals surface area (Å²) in [6, 6.07) is 0. The average molecular weight is 302 g/mol. The number of carbonyl (C=O) groups excluding carboxylic acids is 2. The van der Waals surface area contributed by atoms with Gasteiger partial charge in [-0.1, -0.05) is 0 Å². The quantitative estimate of drug-likeness (QED) is 0.798. The third-order valence-electron chi connectivity index (χ3n) is 4.06. The lowest BCUT2D eigenvalue weighted by Gasteiger charge is -2.26. The molecule has 0 saturated heterocycles. The van der Waals surface area contributed by atoms with E-state index in [4.69, 9.17) is 0 Å². The van der Waals surface area contributed by atoms with Gasteiger partial charge in [-0.2, -0.15) is 8.75 Å². The van der Waals surface area contributed by atoms with Crippen molar-refractivity contribution < 1.29 is 18.4 Å². The zero-order valence-electron chi connectivity index (χ0n) is 10.3. The maximum atomic E-state index is 13.4. The molecule has 1 aromatic rings. The number of carbonyl (C=O) groups is 2. The van der Waals surface area contributed by atoms with Gasteiger partial charge in [0.15, 0.2) is 5.69 Å². The number of hydrogen-bond donors (Lipinski definition) is 2. The lowest BCUT2D eigenvalue weighted by Crippen LogP contribution is -2.46.